The Morgan fingerprint density at radius 1 is 0.691 bits per heavy atom. The van der Waals surface area contributed by atoms with Crippen LogP contribution in [0.25, 0.3) is 39.1 Å². The minimum atomic E-state index is -0.873. The molecule has 276 valence electrons. The highest BCUT2D eigenvalue weighted by Crippen LogP contribution is 2.65. The molecule has 0 bridgehead atoms. The van der Waals surface area contributed by atoms with Crippen molar-refractivity contribution < 1.29 is 14.2 Å². The van der Waals surface area contributed by atoms with E-state index in [9.17, 15) is 0 Å². The number of fused-ring (bicyclic) bond motifs is 11. The lowest BCUT2D eigenvalue weighted by Crippen LogP contribution is -2.38. The van der Waals surface area contributed by atoms with Gasteiger partial charge in [0.05, 0.1) is 12.0 Å². The van der Waals surface area contributed by atoms with E-state index in [-0.39, 0.29) is 10.3 Å². The molecule has 4 heteroatoms. The molecule has 1 saturated carbocycles. The van der Waals surface area contributed by atoms with E-state index in [1.165, 1.54) is 70.0 Å². The zero-order valence-electron chi connectivity index (χ0n) is 32.5. The quantitative estimate of drug-likeness (QED) is 0.170. The van der Waals surface area contributed by atoms with Crippen LogP contribution < -0.4 is 14.2 Å². The van der Waals surface area contributed by atoms with Gasteiger partial charge in [0.2, 0.25) is 0 Å². The monoisotopic (exact) mass is 740 g/mol. The van der Waals surface area contributed by atoms with Gasteiger partial charge in [-0.1, -0.05) is 136 Å². The molecule has 1 atom stereocenters. The maximum absolute atomic E-state index is 7.80. The van der Waals surface area contributed by atoms with Crippen LogP contribution in [0.5, 0.6) is 17.2 Å². The Hall–Kier alpha value is -4.93. The van der Waals surface area contributed by atoms with E-state index in [0.29, 0.717) is 5.41 Å². The zero-order valence-corrected chi connectivity index (χ0v) is 33.3. The van der Waals surface area contributed by atoms with Crippen molar-refractivity contribution in [1.82, 2.24) is 0 Å². The summed E-state index contributed by atoms with van der Waals surface area (Å²) in [6.07, 6.45) is 12.0. The zero-order chi connectivity index (χ0) is 37.6. The van der Waals surface area contributed by atoms with Crippen molar-refractivity contribution in [1.29, 1.82) is 0 Å². The smallest absolute Gasteiger partial charge is 0.178 e. The normalized spacial score (nSPS) is 20.6. The van der Waals surface area contributed by atoms with Gasteiger partial charge in [-0.2, -0.15) is 0 Å². The van der Waals surface area contributed by atoms with Crippen LogP contribution in [-0.4, -0.2) is 12.0 Å². The largest absolute Gasteiger partial charge is 0.497 e. The van der Waals surface area contributed by atoms with Crippen molar-refractivity contribution in [3.8, 4) is 39.5 Å². The molecule has 55 heavy (non-hydrogen) atoms. The molecule has 0 radical (unpaired) electrons. The average Bonchev–Trinajstić information content (AvgIpc) is 3.70. The lowest BCUT2D eigenvalue weighted by molar-refractivity contribution is 0.132. The second-order valence-electron chi connectivity index (χ2n) is 16.6. The third kappa shape index (κ3) is 5.17. The number of rotatable bonds is 6. The van der Waals surface area contributed by atoms with E-state index in [1.54, 1.807) is 18.9 Å². The summed E-state index contributed by atoms with van der Waals surface area (Å²) >= 11 is 1.79. The van der Waals surface area contributed by atoms with Gasteiger partial charge in [-0.15, -0.1) is 0 Å². The fraction of sp³-hybridized carbons (Fsp3) is 0.294. The first-order valence-electron chi connectivity index (χ1n) is 20.1. The van der Waals surface area contributed by atoms with Gasteiger partial charge < -0.3 is 14.2 Å². The maximum atomic E-state index is 7.80. The van der Waals surface area contributed by atoms with Gasteiger partial charge in [-0.05, 0) is 114 Å². The van der Waals surface area contributed by atoms with Crippen molar-refractivity contribution >= 4 is 28.6 Å². The van der Waals surface area contributed by atoms with Gasteiger partial charge in [0.25, 0.3) is 0 Å². The van der Waals surface area contributed by atoms with E-state index >= 15 is 0 Å². The van der Waals surface area contributed by atoms with E-state index in [0.717, 1.165) is 51.5 Å². The molecular weight excluding hydrogens is 693 g/mol. The Morgan fingerprint density at radius 3 is 2.04 bits per heavy atom. The molecule has 10 rings (SSSR count). The molecule has 3 nitrogen and oxygen atoms in total. The second kappa shape index (κ2) is 12.5. The summed E-state index contributed by atoms with van der Waals surface area (Å²) in [5.41, 5.74) is 10.8. The highest BCUT2D eigenvalue weighted by Gasteiger charge is 2.52. The van der Waals surface area contributed by atoms with Crippen LogP contribution in [0.15, 0.2) is 126 Å². The summed E-state index contributed by atoms with van der Waals surface area (Å²) in [7, 11) is 1.72. The van der Waals surface area contributed by atoms with Crippen LogP contribution >= 0.6 is 11.8 Å². The Morgan fingerprint density at radius 2 is 1.35 bits per heavy atom. The third-order valence-electron chi connectivity index (χ3n) is 13.6. The first-order valence-corrected chi connectivity index (χ1v) is 20.9. The van der Waals surface area contributed by atoms with Crippen molar-refractivity contribution in [2.24, 2.45) is 5.41 Å². The standard InChI is InChI=1S/C51H48O3S/c1-6-49(7-2)27-29-50(30-28-49)42-16-12-11-15-38(42)45-40-31-43-44(55-48(3,4)53-43)32-41(40)47-39(46(45)50)25-26-51(54-47,36-21-23-37(52-5)24-22-36)35-19-17-34(18-20-35)33-13-9-8-10-14-33/h8-26,31-32H,6-7,27-30H2,1-5H3. The van der Waals surface area contributed by atoms with Gasteiger partial charge in [0, 0.05) is 27.5 Å². The predicted octanol–water partition coefficient (Wildman–Crippen LogP) is 13.7. The lowest BCUT2D eigenvalue weighted by Gasteiger charge is -2.47. The molecule has 1 fully saturated rings. The van der Waals surface area contributed by atoms with Crippen molar-refractivity contribution in [3.05, 3.63) is 149 Å². The van der Waals surface area contributed by atoms with E-state index < -0.39 is 5.60 Å². The van der Waals surface area contributed by atoms with E-state index in [4.69, 9.17) is 14.2 Å². The number of thioether (sulfide) groups is 1. The fourth-order valence-corrected chi connectivity index (χ4v) is 11.5. The number of benzene rings is 6. The Bertz CT molecular complexity index is 2480. The van der Waals surface area contributed by atoms with Crippen molar-refractivity contribution in [3.63, 3.8) is 0 Å². The summed E-state index contributed by atoms with van der Waals surface area (Å²) < 4.78 is 20.1. The highest BCUT2D eigenvalue weighted by molar-refractivity contribution is 8.00. The van der Waals surface area contributed by atoms with Gasteiger partial charge in [0.15, 0.2) is 10.5 Å². The minimum absolute atomic E-state index is 0.0862. The number of hydrogen-bond acceptors (Lipinski definition) is 4. The minimum Gasteiger partial charge on any atom is -0.497 e. The first-order chi connectivity index (χ1) is 26.7. The lowest BCUT2D eigenvalue weighted by atomic mass is 9.58. The van der Waals surface area contributed by atoms with Gasteiger partial charge in [0.1, 0.15) is 17.2 Å². The highest BCUT2D eigenvalue weighted by atomic mass is 32.2. The number of ether oxygens (including phenoxy) is 3. The molecule has 0 N–H and O–H groups in total. The molecule has 6 aromatic carbocycles. The molecule has 6 aromatic rings. The summed E-state index contributed by atoms with van der Waals surface area (Å²) in [6, 6.07) is 41.9. The van der Waals surface area contributed by atoms with Gasteiger partial charge >= 0.3 is 0 Å². The topological polar surface area (TPSA) is 27.7 Å². The summed E-state index contributed by atoms with van der Waals surface area (Å²) in [5, 5.41) is 2.36. The molecule has 0 aromatic heterocycles. The Balaban J connectivity index is 1.24. The SMILES string of the molecule is CCC1(CC)CCC2(CC1)c1ccccc1-c1c2c2c(c3cc4c(cc13)OC(C)(C)S4)OC(c1ccc(OC)cc1)(c1ccc(-c3ccccc3)cc1)C=C2. The van der Waals surface area contributed by atoms with Crippen molar-refractivity contribution in [2.75, 3.05) is 7.11 Å². The van der Waals surface area contributed by atoms with Crippen molar-refractivity contribution in [2.45, 2.75) is 87.1 Å². The van der Waals surface area contributed by atoms with Crippen LogP contribution in [0.4, 0.5) is 0 Å². The number of hydrogen-bond donors (Lipinski definition) is 0. The number of methoxy groups -OCH3 is 1. The van der Waals surface area contributed by atoms with Crippen LogP contribution in [0.1, 0.15) is 94.0 Å². The van der Waals surface area contributed by atoms with Crippen LogP contribution in [0, 0.1) is 5.41 Å². The second-order valence-corrected chi connectivity index (χ2v) is 18.2. The summed E-state index contributed by atoms with van der Waals surface area (Å²) in [4.78, 5) is 0.817. The third-order valence-corrected chi connectivity index (χ3v) is 14.7. The Labute approximate surface area is 329 Å². The molecular formula is C51H48O3S. The fourth-order valence-electron chi connectivity index (χ4n) is 10.4. The molecule has 1 spiro atoms. The molecule has 4 aliphatic rings. The first kappa shape index (κ1) is 34.6. The molecule has 0 amide bonds. The molecule has 1 unspecified atom stereocenters. The van der Waals surface area contributed by atoms with Crippen LogP contribution in [0.2, 0.25) is 0 Å². The maximum Gasteiger partial charge on any atom is 0.178 e. The van der Waals surface area contributed by atoms with Gasteiger partial charge in [-0.3, -0.25) is 0 Å². The molecule has 2 aliphatic carbocycles. The molecule has 2 aliphatic heterocycles. The van der Waals surface area contributed by atoms with Gasteiger partial charge in [-0.25, -0.2) is 0 Å². The van der Waals surface area contributed by atoms with Crippen LogP contribution in [-0.2, 0) is 11.0 Å². The molecule has 0 saturated heterocycles. The summed E-state index contributed by atoms with van der Waals surface area (Å²) in [6.45, 7) is 9.12. The van der Waals surface area contributed by atoms with Crippen LogP contribution in [0.3, 0.4) is 0 Å². The van der Waals surface area contributed by atoms with E-state index in [2.05, 4.69) is 143 Å². The summed E-state index contributed by atoms with van der Waals surface area (Å²) in [5.74, 6) is 2.75. The van der Waals surface area contributed by atoms with E-state index in [1.807, 2.05) is 12.1 Å². The Kier molecular flexibility index (Phi) is 7.88. The molecule has 2 heterocycles. The average molecular weight is 741 g/mol. The predicted molar refractivity (Wildman–Crippen MR) is 228 cm³/mol.